The molecule has 0 aliphatic heterocycles. The van der Waals surface area contributed by atoms with Crippen LogP contribution in [0.2, 0.25) is 0 Å². The summed E-state index contributed by atoms with van der Waals surface area (Å²) in [5.74, 6) is 0.800. The number of aryl methyl sites for hydroxylation is 1. The SMILES string of the molecule is CCNC(=NCc1cccc(COCCOCC)c1)NCc1ncc(CC)s1.I. The largest absolute Gasteiger partial charge is 0.379 e. The van der Waals surface area contributed by atoms with E-state index < -0.39 is 0 Å². The normalized spacial score (nSPS) is 11.2. The molecule has 2 aromatic rings. The van der Waals surface area contributed by atoms with E-state index >= 15 is 0 Å². The van der Waals surface area contributed by atoms with E-state index in [4.69, 9.17) is 14.5 Å². The molecule has 0 unspecified atom stereocenters. The number of aromatic nitrogens is 1. The lowest BCUT2D eigenvalue weighted by Gasteiger charge is -2.10. The number of guanidine groups is 1. The number of thiazole rings is 1. The standard InChI is InChI=1S/C21H32N4O2S.HI/c1-4-19-14-23-20(28-19)15-25-21(22-5-2)24-13-17-8-7-9-18(12-17)16-27-11-10-26-6-3;/h7-9,12,14H,4-6,10-11,13,15-16H2,1-3H3,(H2,22,24,25);1H. The Kier molecular flexibility index (Phi) is 13.9. The van der Waals surface area contributed by atoms with Crippen LogP contribution in [0.5, 0.6) is 0 Å². The molecular weight excluding hydrogens is 499 g/mol. The average molecular weight is 532 g/mol. The minimum atomic E-state index is 0. The molecule has 0 aliphatic carbocycles. The van der Waals surface area contributed by atoms with Crippen molar-refractivity contribution in [1.29, 1.82) is 0 Å². The minimum absolute atomic E-state index is 0. The third-order valence-corrected chi connectivity index (χ3v) is 5.10. The Bertz CT molecular complexity index is 724. The maximum atomic E-state index is 5.65. The number of hydrogen-bond acceptors (Lipinski definition) is 5. The molecule has 0 bridgehead atoms. The number of ether oxygens (including phenoxy) is 2. The van der Waals surface area contributed by atoms with Crippen molar-refractivity contribution in [3.63, 3.8) is 0 Å². The van der Waals surface area contributed by atoms with Gasteiger partial charge in [0.25, 0.3) is 0 Å². The Morgan fingerprint density at radius 1 is 1.10 bits per heavy atom. The van der Waals surface area contributed by atoms with Crippen LogP contribution in [0.1, 0.15) is 41.8 Å². The molecule has 6 nitrogen and oxygen atoms in total. The smallest absolute Gasteiger partial charge is 0.191 e. The van der Waals surface area contributed by atoms with Gasteiger partial charge in [0.2, 0.25) is 0 Å². The molecule has 0 fully saturated rings. The quantitative estimate of drug-likeness (QED) is 0.186. The summed E-state index contributed by atoms with van der Waals surface area (Å²) in [6.45, 7) is 10.9. The molecule has 1 aromatic heterocycles. The van der Waals surface area contributed by atoms with Crippen LogP contribution in [0.25, 0.3) is 0 Å². The lowest BCUT2D eigenvalue weighted by molar-refractivity contribution is 0.0453. The second-order valence-electron chi connectivity index (χ2n) is 6.19. The van der Waals surface area contributed by atoms with E-state index in [0.29, 0.717) is 32.9 Å². The van der Waals surface area contributed by atoms with Crippen molar-refractivity contribution in [2.75, 3.05) is 26.4 Å². The molecule has 1 aromatic carbocycles. The predicted molar refractivity (Wildman–Crippen MR) is 131 cm³/mol. The van der Waals surface area contributed by atoms with E-state index in [9.17, 15) is 0 Å². The number of hydrogen-bond donors (Lipinski definition) is 2. The van der Waals surface area contributed by atoms with Crippen LogP contribution in [0.4, 0.5) is 0 Å². The van der Waals surface area contributed by atoms with Gasteiger partial charge in [-0.25, -0.2) is 9.98 Å². The molecule has 0 radical (unpaired) electrons. The van der Waals surface area contributed by atoms with Crippen molar-refractivity contribution in [1.82, 2.24) is 15.6 Å². The van der Waals surface area contributed by atoms with Crippen molar-refractivity contribution >= 4 is 41.3 Å². The van der Waals surface area contributed by atoms with Crippen LogP contribution >= 0.6 is 35.3 Å². The van der Waals surface area contributed by atoms with Gasteiger partial charge in [0.15, 0.2) is 5.96 Å². The summed E-state index contributed by atoms with van der Waals surface area (Å²) in [7, 11) is 0. The molecule has 0 amide bonds. The maximum absolute atomic E-state index is 5.65. The Labute approximate surface area is 195 Å². The summed E-state index contributed by atoms with van der Waals surface area (Å²) >= 11 is 1.74. The monoisotopic (exact) mass is 532 g/mol. The molecule has 0 aliphatic rings. The van der Waals surface area contributed by atoms with Gasteiger partial charge < -0.3 is 20.1 Å². The molecule has 162 valence electrons. The summed E-state index contributed by atoms with van der Waals surface area (Å²) in [6.07, 6.45) is 2.98. The lowest BCUT2D eigenvalue weighted by atomic mass is 10.1. The molecule has 0 saturated carbocycles. The summed E-state index contributed by atoms with van der Waals surface area (Å²) in [4.78, 5) is 10.4. The fraction of sp³-hybridized carbons (Fsp3) is 0.524. The summed E-state index contributed by atoms with van der Waals surface area (Å²) in [5.41, 5.74) is 2.31. The first-order valence-electron chi connectivity index (χ1n) is 9.94. The highest BCUT2D eigenvalue weighted by molar-refractivity contribution is 14.0. The zero-order valence-corrected chi connectivity index (χ0v) is 20.7. The van der Waals surface area contributed by atoms with Gasteiger partial charge in [-0.05, 0) is 31.4 Å². The summed E-state index contributed by atoms with van der Waals surface area (Å²) < 4.78 is 10.9. The fourth-order valence-corrected chi connectivity index (χ4v) is 3.34. The molecule has 2 rings (SSSR count). The zero-order chi connectivity index (χ0) is 20.0. The Morgan fingerprint density at radius 3 is 2.62 bits per heavy atom. The predicted octanol–water partition coefficient (Wildman–Crippen LogP) is 4.13. The average Bonchev–Trinajstić information content (AvgIpc) is 3.18. The molecule has 0 saturated heterocycles. The van der Waals surface area contributed by atoms with Crippen molar-refractivity contribution in [2.45, 2.75) is 46.9 Å². The van der Waals surface area contributed by atoms with E-state index in [1.165, 1.54) is 4.88 Å². The minimum Gasteiger partial charge on any atom is -0.379 e. The third-order valence-electron chi connectivity index (χ3n) is 3.96. The van der Waals surface area contributed by atoms with Crippen LogP contribution in [0.3, 0.4) is 0 Å². The lowest BCUT2D eigenvalue weighted by Crippen LogP contribution is -2.36. The number of halogens is 1. The molecule has 29 heavy (non-hydrogen) atoms. The molecular formula is C21H33IN4O2S. The molecule has 8 heteroatoms. The second kappa shape index (κ2) is 15.6. The van der Waals surface area contributed by atoms with Gasteiger partial charge in [0, 0.05) is 24.2 Å². The Balaban J connectivity index is 0.00000420. The van der Waals surface area contributed by atoms with E-state index in [1.807, 2.05) is 19.2 Å². The van der Waals surface area contributed by atoms with Gasteiger partial charge in [0.05, 0.1) is 32.9 Å². The Hall–Kier alpha value is -1.23. The summed E-state index contributed by atoms with van der Waals surface area (Å²) in [6, 6.07) is 8.35. The van der Waals surface area contributed by atoms with Gasteiger partial charge in [0.1, 0.15) is 5.01 Å². The summed E-state index contributed by atoms with van der Waals surface area (Å²) in [5, 5.41) is 7.73. The molecule has 0 spiro atoms. The van der Waals surface area contributed by atoms with Crippen molar-refractivity contribution in [2.24, 2.45) is 4.99 Å². The maximum Gasteiger partial charge on any atom is 0.191 e. The molecule has 1 heterocycles. The van der Waals surface area contributed by atoms with Crippen LogP contribution in [0.15, 0.2) is 35.5 Å². The fourth-order valence-electron chi connectivity index (χ4n) is 2.53. The van der Waals surface area contributed by atoms with Crippen molar-refractivity contribution < 1.29 is 9.47 Å². The second-order valence-corrected chi connectivity index (χ2v) is 7.39. The first-order valence-corrected chi connectivity index (χ1v) is 10.8. The number of benzene rings is 1. The van der Waals surface area contributed by atoms with Gasteiger partial charge in [-0.3, -0.25) is 0 Å². The first kappa shape index (κ1) is 25.8. The van der Waals surface area contributed by atoms with Crippen molar-refractivity contribution in [3.8, 4) is 0 Å². The van der Waals surface area contributed by atoms with Gasteiger partial charge in [-0.2, -0.15) is 0 Å². The Morgan fingerprint density at radius 2 is 1.90 bits per heavy atom. The van der Waals surface area contributed by atoms with Crippen LogP contribution in [-0.4, -0.2) is 37.3 Å². The number of nitrogens with one attached hydrogen (secondary N) is 2. The first-order chi connectivity index (χ1) is 13.7. The number of nitrogens with zero attached hydrogens (tertiary/aromatic N) is 2. The van der Waals surface area contributed by atoms with Gasteiger partial charge in [-0.1, -0.05) is 31.2 Å². The van der Waals surface area contributed by atoms with Crippen LogP contribution < -0.4 is 10.6 Å². The van der Waals surface area contributed by atoms with E-state index in [-0.39, 0.29) is 24.0 Å². The topological polar surface area (TPSA) is 67.8 Å². The zero-order valence-electron chi connectivity index (χ0n) is 17.6. The van der Waals surface area contributed by atoms with Crippen LogP contribution in [-0.2, 0) is 35.6 Å². The van der Waals surface area contributed by atoms with E-state index in [2.05, 4.69) is 47.7 Å². The molecule has 2 N–H and O–H groups in total. The third kappa shape index (κ3) is 10.4. The number of rotatable bonds is 12. The van der Waals surface area contributed by atoms with E-state index in [1.54, 1.807) is 11.3 Å². The van der Waals surface area contributed by atoms with Gasteiger partial charge >= 0.3 is 0 Å². The van der Waals surface area contributed by atoms with E-state index in [0.717, 1.165) is 41.7 Å². The highest BCUT2D eigenvalue weighted by atomic mass is 127. The van der Waals surface area contributed by atoms with Crippen molar-refractivity contribution in [3.05, 3.63) is 51.5 Å². The highest BCUT2D eigenvalue weighted by Gasteiger charge is 2.03. The van der Waals surface area contributed by atoms with Gasteiger partial charge in [-0.15, -0.1) is 35.3 Å². The highest BCUT2D eigenvalue weighted by Crippen LogP contribution is 2.13. The van der Waals surface area contributed by atoms with Crippen LogP contribution in [0, 0.1) is 0 Å². The number of aliphatic imine (C=N–C) groups is 1. The molecule has 0 atom stereocenters.